The van der Waals surface area contributed by atoms with Crippen LogP contribution in [0.25, 0.3) is 0 Å². The van der Waals surface area contributed by atoms with E-state index in [2.05, 4.69) is 19.6 Å². The van der Waals surface area contributed by atoms with Gasteiger partial charge in [-0.05, 0) is 12.8 Å². The molecule has 0 amide bonds. The minimum atomic E-state index is 0.807. The minimum absolute atomic E-state index is 0.807. The van der Waals surface area contributed by atoms with Gasteiger partial charge in [0, 0.05) is 13.7 Å². The largest absolute Gasteiger partial charge is 0.384 e. The first-order chi connectivity index (χ1) is 5.35. The lowest BCUT2D eigenvalue weighted by atomic mass is 10.1. The van der Waals surface area contributed by atoms with Crippen LogP contribution >= 0.6 is 0 Å². The molecule has 0 saturated carbocycles. The SMILES string of the molecule is C=C/C(=C\CCOC)CCC. The number of hydrogen-bond donors (Lipinski definition) is 0. The van der Waals surface area contributed by atoms with Gasteiger partial charge in [-0.1, -0.05) is 37.6 Å². The molecule has 11 heavy (non-hydrogen) atoms. The molecule has 0 aromatic rings. The first-order valence-corrected chi connectivity index (χ1v) is 4.15. The number of hydrogen-bond acceptors (Lipinski definition) is 1. The van der Waals surface area contributed by atoms with Gasteiger partial charge in [0.1, 0.15) is 0 Å². The van der Waals surface area contributed by atoms with Crippen LogP contribution < -0.4 is 0 Å². The van der Waals surface area contributed by atoms with E-state index in [0.29, 0.717) is 0 Å². The van der Waals surface area contributed by atoms with E-state index in [1.54, 1.807) is 7.11 Å². The van der Waals surface area contributed by atoms with Crippen molar-refractivity contribution in [2.45, 2.75) is 26.2 Å². The Balaban J connectivity index is 3.61. The summed E-state index contributed by atoms with van der Waals surface area (Å²) in [5.74, 6) is 0. The monoisotopic (exact) mass is 154 g/mol. The Morgan fingerprint density at radius 2 is 2.27 bits per heavy atom. The summed E-state index contributed by atoms with van der Waals surface area (Å²) in [6.45, 7) is 6.73. The molecule has 64 valence electrons. The summed E-state index contributed by atoms with van der Waals surface area (Å²) in [5, 5.41) is 0. The van der Waals surface area contributed by atoms with Crippen molar-refractivity contribution in [1.29, 1.82) is 0 Å². The molecule has 0 aliphatic heterocycles. The van der Waals surface area contributed by atoms with Crippen molar-refractivity contribution in [3.63, 3.8) is 0 Å². The summed E-state index contributed by atoms with van der Waals surface area (Å²) in [4.78, 5) is 0. The van der Waals surface area contributed by atoms with Crippen LogP contribution in [-0.2, 0) is 4.74 Å². The van der Waals surface area contributed by atoms with Crippen molar-refractivity contribution in [2.75, 3.05) is 13.7 Å². The molecule has 0 bridgehead atoms. The third-order valence-corrected chi connectivity index (χ3v) is 1.53. The van der Waals surface area contributed by atoms with Gasteiger partial charge >= 0.3 is 0 Å². The summed E-state index contributed by atoms with van der Waals surface area (Å²) >= 11 is 0. The summed E-state index contributed by atoms with van der Waals surface area (Å²) in [6.07, 6.45) is 7.44. The first kappa shape index (κ1) is 10.4. The van der Waals surface area contributed by atoms with Crippen molar-refractivity contribution in [3.8, 4) is 0 Å². The van der Waals surface area contributed by atoms with Gasteiger partial charge in [-0.3, -0.25) is 0 Å². The summed E-state index contributed by atoms with van der Waals surface area (Å²) < 4.78 is 4.94. The van der Waals surface area contributed by atoms with Crippen LogP contribution in [0.5, 0.6) is 0 Å². The summed E-state index contributed by atoms with van der Waals surface area (Å²) in [6, 6.07) is 0. The molecule has 0 saturated heterocycles. The third-order valence-electron chi connectivity index (χ3n) is 1.53. The van der Waals surface area contributed by atoms with Crippen LogP contribution in [0.1, 0.15) is 26.2 Å². The molecule has 0 heterocycles. The fourth-order valence-corrected chi connectivity index (χ4v) is 0.938. The van der Waals surface area contributed by atoms with Crippen LogP contribution in [0.3, 0.4) is 0 Å². The predicted octanol–water partition coefficient (Wildman–Crippen LogP) is 2.94. The van der Waals surface area contributed by atoms with Gasteiger partial charge in [0.15, 0.2) is 0 Å². The third kappa shape index (κ3) is 5.86. The Hall–Kier alpha value is -0.560. The maximum absolute atomic E-state index is 4.94. The molecule has 0 radical (unpaired) electrons. The number of ether oxygens (including phenoxy) is 1. The van der Waals surface area contributed by atoms with Gasteiger partial charge in [-0.2, -0.15) is 0 Å². The van der Waals surface area contributed by atoms with Crippen LogP contribution in [0.2, 0.25) is 0 Å². The van der Waals surface area contributed by atoms with E-state index in [9.17, 15) is 0 Å². The van der Waals surface area contributed by atoms with Gasteiger partial charge in [0.2, 0.25) is 0 Å². The first-order valence-electron chi connectivity index (χ1n) is 4.15. The molecule has 0 aliphatic carbocycles. The van der Waals surface area contributed by atoms with E-state index < -0.39 is 0 Å². The van der Waals surface area contributed by atoms with Crippen molar-refractivity contribution in [3.05, 3.63) is 24.3 Å². The lowest BCUT2D eigenvalue weighted by Crippen LogP contribution is -1.86. The van der Waals surface area contributed by atoms with Crippen molar-refractivity contribution in [2.24, 2.45) is 0 Å². The van der Waals surface area contributed by atoms with E-state index in [0.717, 1.165) is 19.4 Å². The van der Waals surface area contributed by atoms with Crippen molar-refractivity contribution >= 4 is 0 Å². The Morgan fingerprint density at radius 1 is 1.55 bits per heavy atom. The fraction of sp³-hybridized carbons (Fsp3) is 0.600. The molecule has 0 unspecified atom stereocenters. The molecule has 0 N–H and O–H groups in total. The van der Waals surface area contributed by atoms with E-state index in [4.69, 9.17) is 4.74 Å². The van der Waals surface area contributed by atoms with E-state index in [1.807, 2.05) is 6.08 Å². The second-order valence-electron chi connectivity index (χ2n) is 2.51. The van der Waals surface area contributed by atoms with Gasteiger partial charge in [0.25, 0.3) is 0 Å². The molecule has 0 aromatic carbocycles. The quantitative estimate of drug-likeness (QED) is 0.422. The molecule has 0 atom stereocenters. The summed E-state index contributed by atoms with van der Waals surface area (Å²) in [5.41, 5.74) is 1.34. The molecule has 1 nitrogen and oxygen atoms in total. The molecule has 0 aliphatic rings. The highest BCUT2D eigenvalue weighted by molar-refractivity contribution is 5.15. The number of rotatable bonds is 6. The van der Waals surface area contributed by atoms with E-state index >= 15 is 0 Å². The maximum atomic E-state index is 4.94. The van der Waals surface area contributed by atoms with E-state index in [1.165, 1.54) is 12.0 Å². The van der Waals surface area contributed by atoms with Crippen LogP contribution in [0.4, 0.5) is 0 Å². The number of allylic oxidation sites excluding steroid dienone is 2. The molecular formula is C10H18O. The molecule has 0 rings (SSSR count). The smallest absolute Gasteiger partial charge is 0.0496 e. The topological polar surface area (TPSA) is 9.23 Å². The molecule has 0 fully saturated rings. The van der Waals surface area contributed by atoms with Crippen LogP contribution in [0.15, 0.2) is 24.3 Å². The summed E-state index contributed by atoms with van der Waals surface area (Å²) in [7, 11) is 1.72. The zero-order chi connectivity index (χ0) is 8.53. The minimum Gasteiger partial charge on any atom is -0.384 e. The molecule has 1 heteroatoms. The van der Waals surface area contributed by atoms with Gasteiger partial charge in [-0.25, -0.2) is 0 Å². The highest BCUT2D eigenvalue weighted by Crippen LogP contribution is 2.06. The van der Waals surface area contributed by atoms with Crippen molar-refractivity contribution < 1.29 is 4.74 Å². The Bertz CT molecular complexity index is 125. The standard InChI is InChI=1S/C10H18O/c1-4-7-10(5-2)8-6-9-11-3/h5,8H,2,4,6-7,9H2,1,3H3/b10-8+. The highest BCUT2D eigenvalue weighted by Gasteiger charge is 1.88. The lowest BCUT2D eigenvalue weighted by molar-refractivity contribution is 0.204. The van der Waals surface area contributed by atoms with Gasteiger partial charge < -0.3 is 4.74 Å². The Morgan fingerprint density at radius 3 is 2.73 bits per heavy atom. The normalized spacial score (nSPS) is 11.6. The Kier molecular flexibility index (Phi) is 7.16. The average Bonchev–Trinajstić information content (AvgIpc) is 2.03. The zero-order valence-electron chi connectivity index (χ0n) is 7.60. The second-order valence-corrected chi connectivity index (χ2v) is 2.51. The van der Waals surface area contributed by atoms with Gasteiger partial charge in [0.05, 0.1) is 0 Å². The average molecular weight is 154 g/mol. The lowest BCUT2D eigenvalue weighted by Gasteiger charge is -1.98. The molecule has 0 aromatic heterocycles. The maximum Gasteiger partial charge on any atom is 0.0496 e. The second kappa shape index (κ2) is 7.55. The van der Waals surface area contributed by atoms with Gasteiger partial charge in [-0.15, -0.1) is 0 Å². The molecular weight excluding hydrogens is 136 g/mol. The van der Waals surface area contributed by atoms with Crippen LogP contribution in [-0.4, -0.2) is 13.7 Å². The Labute approximate surface area is 69.8 Å². The van der Waals surface area contributed by atoms with Crippen molar-refractivity contribution in [1.82, 2.24) is 0 Å². The van der Waals surface area contributed by atoms with E-state index in [-0.39, 0.29) is 0 Å². The van der Waals surface area contributed by atoms with Crippen LogP contribution in [0, 0.1) is 0 Å². The number of methoxy groups -OCH3 is 1. The zero-order valence-corrected chi connectivity index (χ0v) is 7.60. The fourth-order valence-electron chi connectivity index (χ4n) is 0.938. The molecule has 0 spiro atoms. The highest BCUT2D eigenvalue weighted by atomic mass is 16.5. The predicted molar refractivity (Wildman–Crippen MR) is 49.7 cm³/mol.